The fourth-order valence-electron chi connectivity index (χ4n) is 2.48. The van der Waals surface area contributed by atoms with Crippen LogP contribution in [0.1, 0.15) is 12.0 Å². The van der Waals surface area contributed by atoms with Crippen molar-refractivity contribution in [1.82, 2.24) is 0 Å². The van der Waals surface area contributed by atoms with E-state index >= 15 is 0 Å². The lowest BCUT2D eigenvalue weighted by Crippen LogP contribution is -2.41. The average Bonchev–Trinajstić information content (AvgIpc) is 2.97. The van der Waals surface area contributed by atoms with Crippen LogP contribution >= 0.6 is 0 Å². The van der Waals surface area contributed by atoms with Gasteiger partial charge in [0.25, 0.3) is 0 Å². The molecular formula is C14H16BO2Si. The maximum atomic E-state index is 5.38. The molecule has 1 aromatic carbocycles. The molecule has 0 spiro atoms. The van der Waals surface area contributed by atoms with Crippen molar-refractivity contribution in [2.75, 3.05) is 0 Å². The van der Waals surface area contributed by atoms with Crippen LogP contribution in [0.2, 0.25) is 19.6 Å². The molecule has 3 rings (SSSR count). The molecule has 1 aliphatic carbocycles. The Labute approximate surface area is 110 Å². The predicted octanol–water partition coefficient (Wildman–Crippen LogP) is 2.14. The van der Waals surface area contributed by atoms with Gasteiger partial charge in [0, 0.05) is 5.56 Å². The summed E-state index contributed by atoms with van der Waals surface area (Å²) in [7, 11) is 0.270. The van der Waals surface area contributed by atoms with Crippen molar-refractivity contribution in [2.24, 2.45) is 0 Å². The Kier molecular flexibility index (Phi) is 2.72. The minimum absolute atomic E-state index is 0.893. The molecule has 0 unspecified atom stereocenters. The number of rotatable bonds is 2. The van der Waals surface area contributed by atoms with Crippen molar-refractivity contribution in [3.8, 4) is 5.75 Å². The monoisotopic (exact) mass is 255 g/mol. The van der Waals surface area contributed by atoms with Crippen LogP contribution in [0.4, 0.5) is 0 Å². The van der Waals surface area contributed by atoms with Gasteiger partial charge in [0.1, 0.15) is 0 Å². The van der Waals surface area contributed by atoms with E-state index in [4.69, 9.17) is 9.69 Å². The highest BCUT2D eigenvalue weighted by Gasteiger charge is 2.30. The summed E-state index contributed by atoms with van der Waals surface area (Å²) in [4.78, 5) is 10.4. The summed E-state index contributed by atoms with van der Waals surface area (Å²) in [5, 5.41) is 1.44. The largest absolute Gasteiger partial charge is 0.402 e. The first-order chi connectivity index (χ1) is 8.57. The number of hydrogen-bond donors (Lipinski definition) is 0. The molecule has 0 aromatic heterocycles. The lowest BCUT2D eigenvalue weighted by Gasteiger charge is -2.23. The number of hydrogen-bond acceptors (Lipinski definition) is 2. The quantitative estimate of drug-likeness (QED) is 0.595. The van der Waals surface area contributed by atoms with E-state index in [1.807, 2.05) is 0 Å². The normalized spacial score (nSPS) is 17.2. The van der Waals surface area contributed by atoms with Crippen LogP contribution < -0.4 is 15.5 Å². The Morgan fingerprint density at radius 2 is 2.06 bits per heavy atom. The molecule has 0 fully saturated rings. The van der Waals surface area contributed by atoms with Gasteiger partial charge in [0.05, 0.1) is 8.07 Å². The summed E-state index contributed by atoms with van der Waals surface area (Å²) in [5.74, 6) is 0.893. The molecule has 0 N–H and O–H groups in total. The van der Waals surface area contributed by atoms with Crippen molar-refractivity contribution in [2.45, 2.75) is 26.1 Å². The van der Waals surface area contributed by atoms with Crippen LogP contribution in [0.3, 0.4) is 0 Å². The summed E-state index contributed by atoms with van der Waals surface area (Å²) in [5.41, 5.74) is 3.63. The highest BCUT2D eigenvalue weighted by atomic mass is 28.3. The third-order valence-electron chi connectivity index (χ3n) is 3.40. The van der Waals surface area contributed by atoms with Crippen LogP contribution in [-0.2, 0) is 4.81 Å². The van der Waals surface area contributed by atoms with Crippen LogP contribution in [0, 0.1) is 0 Å². The Balaban J connectivity index is 2.21. The summed E-state index contributed by atoms with van der Waals surface area (Å²) in [6, 6.07) is 4.34. The third-order valence-corrected chi connectivity index (χ3v) is 5.43. The zero-order valence-corrected chi connectivity index (χ0v) is 12.0. The lowest BCUT2D eigenvalue weighted by molar-refractivity contribution is -0.0862. The fraction of sp³-hybridized carbons (Fsp3) is 0.286. The van der Waals surface area contributed by atoms with Crippen LogP contribution in [-0.4, -0.2) is 15.6 Å². The zero-order chi connectivity index (χ0) is 12.8. The summed E-state index contributed by atoms with van der Waals surface area (Å²) >= 11 is 0. The third kappa shape index (κ3) is 1.85. The molecule has 0 amide bonds. The molecule has 1 aliphatic heterocycles. The molecule has 1 radical (unpaired) electrons. The van der Waals surface area contributed by atoms with Gasteiger partial charge < -0.3 is 4.89 Å². The molecule has 2 aliphatic rings. The summed E-state index contributed by atoms with van der Waals surface area (Å²) in [6.45, 7) is 7.09. The Hall–Kier alpha value is -1.26. The summed E-state index contributed by atoms with van der Waals surface area (Å²) < 4.78 is 0. The molecule has 0 atom stereocenters. The van der Waals surface area contributed by atoms with E-state index in [0.717, 1.165) is 17.6 Å². The smallest absolute Gasteiger partial charge is 0.354 e. The minimum atomic E-state index is -1.41. The predicted molar refractivity (Wildman–Crippen MR) is 78.3 cm³/mol. The average molecular weight is 255 g/mol. The summed E-state index contributed by atoms with van der Waals surface area (Å²) in [6.07, 6.45) is 7.46. The van der Waals surface area contributed by atoms with Crippen molar-refractivity contribution in [3.05, 3.63) is 35.9 Å². The second-order valence-corrected chi connectivity index (χ2v) is 10.8. The van der Waals surface area contributed by atoms with Crippen molar-refractivity contribution in [1.29, 1.82) is 0 Å². The van der Waals surface area contributed by atoms with E-state index in [1.54, 1.807) is 7.48 Å². The Morgan fingerprint density at radius 3 is 2.72 bits per heavy atom. The highest BCUT2D eigenvalue weighted by Crippen LogP contribution is 2.31. The van der Waals surface area contributed by atoms with Gasteiger partial charge in [-0.2, -0.15) is 0 Å². The van der Waals surface area contributed by atoms with E-state index < -0.39 is 8.07 Å². The Bertz CT molecular complexity index is 556. The van der Waals surface area contributed by atoms with Gasteiger partial charge in [-0.15, -0.1) is 0 Å². The second-order valence-electron chi connectivity index (χ2n) is 5.78. The van der Waals surface area contributed by atoms with Crippen molar-refractivity contribution >= 4 is 31.8 Å². The molecule has 1 aromatic rings. The molecule has 18 heavy (non-hydrogen) atoms. The minimum Gasteiger partial charge on any atom is -0.354 e. The van der Waals surface area contributed by atoms with Crippen LogP contribution in [0.25, 0.3) is 5.57 Å². The number of allylic oxidation sites excluding steroid dienone is 4. The molecule has 1 heterocycles. The van der Waals surface area contributed by atoms with Gasteiger partial charge in [-0.3, -0.25) is 4.81 Å². The topological polar surface area (TPSA) is 18.5 Å². The van der Waals surface area contributed by atoms with Crippen LogP contribution in [0.5, 0.6) is 5.75 Å². The standard InChI is InChI=1S/C14H16BO2Si/c1-18(2,3)12-9-8-11-14(16-17-15-11)13(12)10-6-4-5-7-10/h4-6,8-9H,7H2,1-3H3. The zero-order valence-electron chi connectivity index (χ0n) is 11.0. The molecule has 91 valence electrons. The molecular weight excluding hydrogens is 239 g/mol. The lowest BCUT2D eigenvalue weighted by atomic mass is 9.85. The van der Waals surface area contributed by atoms with Gasteiger partial charge in [-0.1, -0.05) is 50.0 Å². The van der Waals surface area contributed by atoms with E-state index in [1.165, 1.54) is 16.3 Å². The van der Waals surface area contributed by atoms with Gasteiger partial charge >= 0.3 is 7.48 Å². The molecule has 0 bridgehead atoms. The highest BCUT2D eigenvalue weighted by molar-refractivity contribution is 6.89. The van der Waals surface area contributed by atoms with Crippen molar-refractivity contribution < 1.29 is 9.69 Å². The first kappa shape index (κ1) is 11.8. The van der Waals surface area contributed by atoms with E-state index in [-0.39, 0.29) is 0 Å². The first-order valence-electron chi connectivity index (χ1n) is 6.27. The second kappa shape index (κ2) is 4.14. The maximum absolute atomic E-state index is 5.38. The molecule has 2 nitrogen and oxygen atoms in total. The van der Waals surface area contributed by atoms with E-state index in [9.17, 15) is 0 Å². The molecule has 0 saturated carbocycles. The van der Waals surface area contributed by atoms with E-state index in [0.29, 0.717) is 0 Å². The number of fused-ring (bicyclic) bond motifs is 1. The van der Waals surface area contributed by atoms with E-state index in [2.05, 4.69) is 50.0 Å². The van der Waals surface area contributed by atoms with Crippen LogP contribution in [0.15, 0.2) is 30.4 Å². The SMILES string of the molecule is C[Si](C)(C)c1ccc2c(c1C1=CC=CC1)OO[B]2. The maximum Gasteiger partial charge on any atom is 0.402 e. The molecule has 4 heteroatoms. The van der Waals surface area contributed by atoms with Gasteiger partial charge in [0.15, 0.2) is 5.75 Å². The van der Waals surface area contributed by atoms with Gasteiger partial charge in [-0.05, 0) is 22.6 Å². The fourth-order valence-corrected chi connectivity index (χ4v) is 4.09. The van der Waals surface area contributed by atoms with Crippen molar-refractivity contribution in [3.63, 3.8) is 0 Å². The van der Waals surface area contributed by atoms with Gasteiger partial charge in [0.2, 0.25) is 0 Å². The Morgan fingerprint density at radius 1 is 1.22 bits per heavy atom. The first-order valence-corrected chi connectivity index (χ1v) is 9.77. The number of benzene rings is 1. The van der Waals surface area contributed by atoms with Gasteiger partial charge in [-0.25, -0.2) is 0 Å². The molecule has 0 saturated heterocycles.